The van der Waals surface area contributed by atoms with E-state index in [4.69, 9.17) is 10.5 Å². The first-order valence-corrected chi connectivity index (χ1v) is 10.7. The number of likely N-dealkylation sites (tertiary alicyclic amines) is 1. The number of urea groups is 1. The van der Waals surface area contributed by atoms with Crippen molar-refractivity contribution in [2.75, 3.05) is 32.7 Å². The summed E-state index contributed by atoms with van der Waals surface area (Å²) >= 11 is 0. The van der Waals surface area contributed by atoms with Gasteiger partial charge >= 0.3 is 6.03 Å². The predicted molar refractivity (Wildman–Crippen MR) is 121 cm³/mol. The van der Waals surface area contributed by atoms with Crippen LogP contribution in [0.15, 0.2) is 30.3 Å². The van der Waals surface area contributed by atoms with Crippen LogP contribution < -0.4 is 21.1 Å². The van der Waals surface area contributed by atoms with Gasteiger partial charge in [-0.3, -0.25) is 10.1 Å². The minimum absolute atomic E-state index is 0.0117. The molecule has 178 valence electrons. The summed E-state index contributed by atoms with van der Waals surface area (Å²) in [6, 6.07) is 6.46. The van der Waals surface area contributed by atoms with Crippen molar-refractivity contribution in [3.63, 3.8) is 0 Å². The van der Waals surface area contributed by atoms with Crippen molar-refractivity contribution in [1.82, 2.24) is 15.1 Å². The molecule has 8 nitrogen and oxygen atoms in total. The van der Waals surface area contributed by atoms with Crippen molar-refractivity contribution in [3.05, 3.63) is 53.1 Å². The van der Waals surface area contributed by atoms with Crippen LogP contribution in [0.3, 0.4) is 0 Å². The molecule has 4 N–H and O–H groups in total. The molecule has 0 spiro atoms. The molecule has 10 heteroatoms. The zero-order chi connectivity index (χ0) is 24.1. The number of carbonyl (C=O) groups is 2. The normalized spacial score (nSPS) is 15.8. The molecular formula is C23H29F2N5O3. The van der Waals surface area contributed by atoms with Crippen molar-refractivity contribution < 1.29 is 23.1 Å². The number of benzene rings is 2. The fraction of sp³-hybridized carbons (Fsp3) is 0.391. The Morgan fingerprint density at radius 1 is 1.18 bits per heavy atom. The van der Waals surface area contributed by atoms with Crippen LogP contribution in [0.25, 0.3) is 0 Å². The number of hydrogen-bond acceptors (Lipinski definition) is 5. The van der Waals surface area contributed by atoms with E-state index in [2.05, 4.69) is 10.6 Å². The van der Waals surface area contributed by atoms with E-state index in [1.165, 1.54) is 17.0 Å². The summed E-state index contributed by atoms with van der Waals surface area (Å²) in [5, 5.41) is 5.86. The summed E-state index contributed by atoms with van der Waals surface area (Å²) in [5.41, 5.74) is 6.20. The van der Waals surface area contributed by atoms with E-state index in [1.807, 2.05) is 0 Å². The number of nitrogens with two attached hydrogens (primary N) is 1. The second kappa shape index (κ2) is 10.5. The summed E-state index contributed by atoms with van der Waals surface area (Å²) < 4.78 is 34.3. The van der Waals surface area contributed by atoms with Crippen LogP contribution in [0.4, 0.5) is 25.0 Å². The van der Waals surface area contributed by atoms with Gasteiger partial charge in [-0.05, 0) is 49.9 Å². The third-order valence-corrected chi connectivity index (χ3v) is 5.38. The number of carbonyl (C=O) groups excluding carboxylic acids is 2. The van der Waals surface area contributed by atoms with Gasteiger partial charge in [-0.2, -0.15) is 0 Å². The maximum absolute atomic E-state index is 14.3. The van der Waals surface area contributed by atoms with Crippen LogP contribution in [-0.2, 0) is 0 Å². The highest BCUT2D eigenvalue weighted by Gasteiger charge is 2.27. The Morgan fingerprint density at radius 3 is 2.61 bits per heavy atom. The number of nitrogens with one attached hydrogen (secondary N) is 2. The summed E-state index contributed by atoms with van der Waals surface area (Å²) in [6.07, 6.45) is 2.31. The largest absolute Gasteiger partial charge is 0.477 e. The molecule has 0 saturated carbocycles. The first kappa shape index (κ1) is 24.2. The van der Waals surface area contributed by atoms with Crippen LogP contribution >= 0.6 is 0 Å². The lowest BCUT2D eigenvalue weighted by atomic mass is 10.1. The zero-order valence-electron chi connectivity index (χ0n) is 19.0. The molecular weight excluding hydrogens is 432 g/mol. The first-order chi connectivity index (χ1) is 15.7. The molecule has 3 amide bonds. The summed E-state index contributed by atoms with van der Waals surface area (Å²) in [6.45, 7) is 2.25. The van der Waals surface area contributed by atoms with Gasteiger partial charge in [0.1, 0.15) is 29.7 Å². The fourth-order valence-electron chi connectivity index (χ4n) is 3.76. The van der Waals surface area contributed by atoms with Gasteiger partial charge in [-0.25, -0.2) is 13.6 Å². The van der Waals surface area contributed by atoms with Crippen LogP contribution in [0, 0.1) is 18.6 Å². The van der Waals surface area contributed by atoms with Crippen LogP contribution in [0.2, 0.25) is 0 Å². The number of ether oxygens (including phenoxy) is 1. The van der Waals surface area contributed by atoms with Gasteiger partial charge in [-0.15, -0.1) is 0 Å². The number of halogens is 2. The number of anilines is 2. The number of piperidine rings is 1. The van der Waals surface area contributed by atoms with Crippen LogP contribution in [-0.4, -0.2) is 55.3 Å². The minimum atomic E-state index is -0.859. The molecule has 0 bridgehead atoms. The Hall–Kier alpha value is -3.40. The standard InChI is InChI=1S/C23H29F2N5O3/c1-14-7-8-17(16(25)10-14)28-18-11-15(24)12-19(21(18)22(26)31)33-13-27-20-6-4-5-9-30(20)23(32)29(2)3/h7-8,10-12,20,27-28H,4-6,9,13H2,1-3H3,(H2,26,31). The van der Waals surface area contributed by atoms with E-state index in [1.54, 1.807) is 32.0 Å². The highest BCUT2D eigenvalue weighted by Crippen LogP contribution is 2.31. The smallest absolute Gasteiger partial charge is 0.320 e. The molecule has 1 unspecified atom stereocenters. The molecule has 2 aromatic rings. The average Bonchev–Trinajstić information content (AvgIpc) is 2.75. The molecule has 1 atom stereocenters. The van der Waals surface area contributed by atoms with Gasteiger partial charge in [0.05, 0.1) is 17.5 Å². The van der Waals surface area contributed by atoms with Crippen LogP contribution in [0.1, 0.15) is 35.2 Å². The van der Waals surface area contributed by atoms with Crippen LogP contribution in [0.5, 0.6) is 5.75 Å². The molecule has 1 fully saturated rings. The Kier molecular flexibility index (Phi) is 7.70. The van der Waals surface area contributed by atoms with E-state index in [0.29, 0.717) is 12.1 Å². The molecule has 1 aliphatic rings. The van der Waals surface area contributed by atoms with Gasteiger partial charge in [0.2, 0.25) is 0 Å². The Balaban J connectivity index is 1.78. The number of aryl methyl sites for hydroxylation is 1. The monoisotopic (exact) mass is 461 g/mol. The number of nitrogens with zero attached hydrogens (tertiary/aromatic N) is 2. The van der Waals surface area contributed by atoms with Crippen molar-refractivity contribution in [3.8, 4) is 5.75 Å². The fourth-order valence-corrected chi connectivity index (χ4v) is 3.76. The summed E-state index contributed by atoms with van der Waals surface area (Å²) in [7, 11) is 3.36. The maximum atomic E-state index is 14.3. The Labute approximate surface area is 191 Å². The maximum Gasteiger partial charge on any atom is 0.320 e. The lowest BCUT2D eigenvalue weighted by molar-refractivity contribution is 0.0969. The molecule has 1 aliphatic heterocycles. The molecule has 3 rings (SSSR count). The van der Waals surface area contributed by atoms with E-state index >= 15 is 0 Å². The highest BCUT2D eigenvalue weighted by molar-refractivity contribution is 6.02. The molecule has 33 heavy (non-hydrogen) atoms. The number of rotatable bonds is 7. The topological polar surface area (TPSA) is 99.9 Å². The van der Waals surface area contributed by atoms with Gasteiger partial charge in [-0.1, -0.05) is 6.07 Å². The molecule has 0 aromatic heterocycles. The van der Waals surface area contributed by atoms with Gasteiger partial charge < -0.3 is 25.6 Å². The van der Waals surface area contributed by atoms with E-state index in [9.17, 15) is 18.4 Å². The quantitative estimate of drug-likeness (QED) is 0.548. The SMILES string of the molecule is Cc1ccc(Nc2cc(F)cc(OCNC3CCCCN3C(=O)N(C)C)c2C(N)=O)c(F)c1. The second-order valence-electron chi connectivity index (χ2n) is 8.17. The third-order valence-electron chi connectivity index (χ3n) is 5.38. The Morgan fingerprint density at radius 2 is 1.94 bits per heavy atom. The molecule has 0 aliphatic carbocycles. The van der Waals surface area contributed by atoms with Crippen molar-refractivity contribution in [2.45, 2.75) is 32.4 Å². The minimum Gasteiger partial charge on any atom is -0.477 e. The Bertz CT molecular complexity index is 1030. The first-order valence-electron chi connectivity index (χ1n) is 10.7. The van der Waals surface area contributed by atoms with Gasteiger partial charge in [0.15, 0.2) is 0 Å². The number of amides is 3. The van der Waals surface area contributed by atoms with Crippen molar-refractivity contribution in [1.29, 1.82) is 0 Å². The third kappa shape index (κ3) is 5.89. The lowest BCUT2D eigenvalue weighted by Crippen LogP contribution is -2.54. The summed E-state index contributed by atoms with van der Waals surface area (Å²) in [5.74, 6) is -2.19. The van der Waals surface area contributed by atoms with E-state index in [0.717, 1.165) is 31.4 Å². The molecule has 2 aromatic carbocycles. The van der Waals surface area contributed by atoms with Crippen molar-refractivity contribution in [2.24, 2.45) is 5.73 Å². The zero-order valence-corrected chi connectivity index (χ0v) is 19.0. The lowest BCUT2D eigenvalue weighted by Gasteiger charge is -2.37. The summed E-state index contributed by atoms with van der Waals surface area (Å²) in [4.78, 5) is 27.8. The highest BCUT2D eigenvalue weighted by atomic mass is 19.1. The van der Waals surface area contributed by atoms with Crippen molar-refractivity contribution >= 4 is 23.3 Å². The van der Waals surface area contributed by atoms with Gasteiger partial charge in [0.25, 0.3) is 5.91 Å². The number of hydrogen-bond donors (Lipinski definition) is 3. The molecule has 1 saturated heterocycles. The second-order valence-corrected chi connectivity index (χ2v) is 8.17. The van der Waals surface area contributed by atoms with E-state index < -0.39 is 17.5 Å². The molecule has 0 radical (unpaired) electrons. The van der Waals surface area contributed by atoms with Gasteiger partial charge in [0, 0.05) is 26.7 Å². The molecule has 1 heterocycles. The average molecular weight is 462 g/mol. The number of primary amides is 1. The predicted octanol–water partition coefficient (Wildman–Crippen LogP) is 3.54. The van der Waals surface area contributed by atoms with E-state index in [-0.39, 0.29) is 41.6 Å².